The third-order valence-electron chi connectivity index (χ3n) is 3.53. The first-order chi connectivity index (χ1) is 11.6. The Balaban J connectivity index is 1.83. The monoisotopic (exact) mass is 340 g/mol. The second-order valence-corrected chi connectivity index (χ2v) is 6.33. The average molecular weight is 340 g/mol. The highest BCUT2D eigenvalue weighted by Crippen LogP contribution is 2.31. The molecule has 24 heavy (non-hydrogen) atoms. The molecular weight excluding hydrogens is 324 g/mol. The summed E-state index contributed by atoms with van der Waals surface area (Å²) in [7, 11) is 1.62. The van der Waals surface area contributed by atoms with Crippen LogP contribution in [0, 0.1) is 6.92 Å². The van der Waals surface area contributed by atoms with Crippen LogP contribution in [0.4, 0.5) is 5.13 Å². The fourth-order valence-corrected chi connectivity index (χ4v) is 3.13. The molecule has 5 nitrogen and oxygen atoms in total. The summed E-state index contributed by atoms with van der Waals surface area (Å²) in [5.41, 5.74) is 1.99. The van der Waals surface area contributed by atoms with Gasteiger partial charge < -0.3 is 9.84 Å². The number of aromatic hydroxyl groups is 1. The van der Waals surface area contributed by atoms with E-state index in [0.29, 0.717) is 5.13 Å². The van der Waals surface area contributed by atoms with E-state index >= 15 is 0 Å². The van der Waals surface area contributed by atoms with E-state index in [9.17, 15) is 9.90 Å². The van der Waals surface area contributed by atoms with Crippen molar-refractivity contribution >= 4 is 22.4 Å². The Labute approximate surface area is 143 Å². The van der Waals surface area contributed by atoms with E-state index in [1.807, 2.05) is 31.2 Å². The molecule has 0 fully saturated rings. The van der Waals surface area contributed by atoms with Gasteiger partial charge in [0.15, 0.2) is 5.13 Å². The van der Waals surface area contributed by atoms with Gasteiger partial charge in [-0.1, -0.05) is 12.1 Å². The lowest BCUT2D eigenvalue weighted by molar-refractivity contribution is 0.102. The predicted molar refractivity (Wildman–Crippen MR) is 94.9 cm³/mol. The molecule has 0 aliphatic rings. The molecule has 0 atom stereocenters. The number of carbonyl (C=O) groups excluding carboxylic acids is 1. The summed E-state index contributed by atoms with van der Waals surface area (Å²) in [6.07, 6.45) is 0. The highest BCUT2D eigenvalue weighted by molar-refractivity contribution is 7.16. The van der Waals surface area contributed by atoms with E-state index in [2.05, 4.69) is 10.3 Å². The second-order valence-electron chi connectivity index (χ2n) is 5.12. The molecule has 0 unspecified atom stereocenters. The Morgan fingerprint density at radius 2 is 1.88 bits per heavy atom. The Morgan fingerprint density at radius 3 is 2.54 bits per heavy atom. The minimum atomic E-state index is -0.386. The van der Waals surface area contributed by atoms with Gasteiger partial charge in [0, 0.05) is 10.4 Å². The Hall–Kier alpha value is -2.86. The van der Waals surface area contributed by atoms with E-state index in [0.717, 1.165) is 21.9 Å². The number of hydrogen-bond acceptors (Lipinski definition) is 5. The molecule has 1 heterocycles. The normalized spacial score (nSPS) is 10.4. The number of phenols is 1. The molecule has 122 valence electrons. The van der Waals surface area contributed by atoms with Crippen LogP contribution in [0.5, 0.6) is 11.5 Å². The van der Waals surface area contributed by atoms with Crippen LogP contribution in [0.25, 0.3) is 11.3 Å². The number of nitrogens with zero attached hydrogens (tertiary/aromatic N) is 1. The average Bonchev–Trinajstić information content (AvgIpc) is 2.95. The predicted octanol–water partition coefficient (Wildman–Crippen LogP) is 4.09. The molecule has 1 amide bonds. The molecule has 0 aliphatic carbocycles. The SMILES string of the molecule is COc1ccc(-c2nc(NC(=O)c3ccccc3O)sc2C)cc1. The first kappa shape index (κ1) is 16.0. The van der Waals surface area contributed by atoms with E-state index < -0.39 is 0 Å². The number of hydrogen-bond donors (Lipinski definition) is 2. The van der Waals surface area contributed by atoms with Gasteiger partial charge in [-0.25, -0.2) is 4.98 Å². The number of nitrogens with one attached hydrogen (secondary N) is 1. The number of aromatic nitrogens is 1. The Bertz CT molecular complexity index is 872. The lowest BCUT2D eigenvalue weighted by Crippen LogP contribution is -2.11. The van der Waals surface area contributed by atoms with Crippen molar-refractivity contribution in [2.75, 3.05) is 12.4 Å². The highest BCUT2D eigenvalue weighted by Gasteiger charge is 2.15. The second kappa shape index (κ2) is 6.72. The summed E-state index contributed by atoms with van der Waals surface area (Å²) >= 11 is 1.39. The molecule has 3 aromatic rings. The van der Waals surface area contributed by atoms with Crippen LogP contribution in [-0.2, 0) is 0 Å². The van der Waals surface area contributed by atoms with Crippen molar-refractivity contribution in [1.82, 2.24) is 4.98 Å². The number of ether oxygens (including phenoxy) is 1. The fourth-order valence-electron chi connectivity index (χ4n) is 2.30. The number of aryl methyl sites for hydroxylation is 1. The molecule has 6 heteroatoms. The third-order valence-corrected chi connectivity index (χ3v) is 4.42. The van der Waals surface area contributed by atoms with E-state index in [1.165, 1.54) is 17.4 Å². The van der Waals surface area contributed by atoms with Gasteiger partial charge in [-0.15, -0.1) is 11.3 Å². The van der Waals surface area contributed by atoms with Gasteiger partial charge in [0.05, 0.1) is 18.4 Å². The molecular formula is C18H16N2O3S. The minimum Gasteiger partial charge on any atom is -0.507 e. The number of phenolic OH excluding ortho intramolecular Hbond substituents is 1. The van der Waals surface area contributed by atoms with Crippen LogP contribution < -0.4 is 10.1 Å². The van der Waals surface area contributed by atoms with Crippen molar-refractivity contribution in [2.24, 2.45) is 0 Å². The molecule has 0 saturated carbocycles. The van der Waals surface area contributed by atoms with E-state index in [1.54, 1.807) is 25.3 Å². The van der Waals surface area contributed by atoms with Crippen molar-refractivity contribution in [3.63, 3.8) is 0 Å². The van der Waals surface area contributed by atoms with E-state index in [4.69, 9.17) is 4.74 Å². The van der Waals surface area contributed by atoms with Crippen molar-refractivity contribution in [3.8, 4) is 22.8 Å². The van der Waals surface area contributed by atoms with Gasteiger partial charge in [-0.05, 0) is 43.3 Å². The Kier molecular flexibility index (Phi) is 4.48. The number of anilines is 1. The summed E-state index contributed by atoms with van der Waals surface area (Å²) in [6.45, 7) is 1.95. The van der Waals surface area contributed by atoms with Crippen LogP contribution >= 0.6 is 11.3 Å². The molecule has 0 saturated heterocycles. The maximum Gasteiger partial charge on any atom is 0.261 e. The first-order valence-corrected chi connectivity index (χ1v) is 8.11. The standard InChI is InChI=1S/C18H16N2O3S/c1-11-16(12-7-9-13(23-2)10-8-12)19-18(24-11)20-17(22)14-5-3-4-6-15(14)21/h3-10,21H,1-2H3,(H,19,20,22). The van der Waals surface area contributed by atoms with Crippen LogP contribution in [-0.4, -0.2) is 23.1 Å². The van der Waals surface area contributed by atoms with Crippen molar-refractivity contribution in [3.05, 3.63) is 59.0 Å². The maximum absolute atomic E-state index is 12.3. The zero-order chi connectivity index (χ0) is 17.1. The van der Waals surface area contributed by atoms with Crippen LogP contribution in [0.3, 0.4) is 0 Å². The number of benzene rings is 2. The first-order valence-electron chi connectivity index (χ1n) is 7.29. The van der Waals surface area contributed by atoms with E-state index in [-0.39, 0.29) is 17.2 Å². The molecule has 0 bridgehead atoms. The van der Waals surface area contributed by atoms with Gasteiger partial charge in [0.25, 0.3) is 5.91 Å². The minimum absolute atomic E-state index is 0.0568. The van der Waals surface area contributed by atoms with Crippen LogP contribution in [0.1, 0.15) is 15.2 Å². The molecule has 2 N–H and O–H groups in total. The summed E-state index contributed by atoms with van der Waals surface area (Å²) in [5, 5.41) is 13.0. The van der Waals surface area contributed by atoms with Crippen LogP contribution in [0.2, 0.25) is 0 Å². The third kappa shape index (κ3) is 3.23. The zero-order valence-corrected chi connectivity index (χ0v) is 14.1. The van der Waals surface area contributed by atoms with Gasteiger partial charge >= 0.3 is 0 Å². The number of rotatable bonds is 4. The highest BCUT2D eigenvalue weighted by atomic mass is 32.1. The smallest absolute Gasteiger partial charge is 0.261 e. The van der Waals surface area contributed by atoms with Crippen molar-refractivity contribution in [2.45, 2.75) is 6.92 Å². The zero-order valence-electron chi connectivity index (χ0n) is 13.2. The largest absolute Gasteiger partial charge is 0.507 e. The number of amides is 1. The van der Waals surface area contributed by atoms with Gasteiger partial charge in [0.2, 0.25) is 0 Å². The van der Waals surface area contributed by atoms with Crippen molar-refractivity contribution in [1.29, 1.82) is 0 Å². The number of methoxy groups -OCH3 is 1. The lowest BCUT2D eigenvalue weighted by Gasteiger charge is -2.03. The fraction of sp³-hybridized carbons (Fsp3) is 0.111. The number of thiazole rings is 1. The summed E-state index contributed by atoms with van der Waals surface area (Å²) in [4.78, 5) is 17.7. The Morgan fingerprint density at radius 1 is 1.17 bits per heavy atom. The maximum atomic E-state index is 12.3. The number of carbonyl (C=O) groups is 1. The van der Waals surface area contributed by atoms with Crippen molar-refractivity contribution < 1.29 is 14.6 Å². The lowest BCUT2D eigenvalue weighted by atomic mass is 10.1. The molecule has 0 spiro atoms. The quantitative estimate of drug-likeness (QED) is 0.750. The number of para-hydroxylation sites is 1. The molecule has 2 aromatic carbocycles. The van der Waals surface area contributed by atoms with Gasteiger partial charge in [-0.2, -0.15) is 0 Å². The van der Waals surface area contributed by atoms with Crippen LogP contribution in [0.15, 0.2) is 48.5 Å². The summed E-state index contributed by atoms with van der Waals surface area (Å²) in [6, 6.07) is 14.0. The summed E-state index contributed by atoms with van der Waals surface area (Å²) < 4.78 is 5.15. The van der Waals surface area contributed by atoms with Gasteiger partial charge in [0.1, 0.15) is 11.5 Å². The molecule has 3 rings (SSSR count). The summed E-state index contributed by atoms with van der Waals surface area (Å²) in [5.74, 6) is 0.335. The molecule has 0 aliphatic heterocycles. The topological polar surface area (TPSA) is 71.5 Å². The molecule has 0 radical (unpaired) electrons. The van der Waals surface area contributed by atoms with Gasteiger partial charge in [-0.3, -0.25) is 10.1 Å². The molecule has 1 aromatic heterocycles.